The minimum Gasteiger partial charge on any atom is -0.478 e. The van der Waals surface area contributed by atoms with Gasteiger partial charge in [0.2, 0.25) is 5.88 Å². The maximum Gasteiger partial charge on any atom is 0.335 e. The molecule has 0 spiro atoms. The Hall–Kier alpha value is -1.58. The first-order valence-corrected chi connectivity index (χ1v) is 6.50. The predicted octanol–water partition coefficient (Wildman–Crippen LogP) is 3.05. The van der Waals surface area contributed by atoms with E-state index in [-0.39, 0.29) is 5.56 Å². The van der Waals surface area contributed by atoms with Crippen molar-refractivity contribution in [1.29, 1.82) is 0 Å². The number of carbonyl (C=O) groups is 1. The fourth-order valence-electron chi connectivity index (χ4n) is 2.39. The molecule has 0 atom stereocenters. The lowest BCUT2D eigenvalue weighted by Gasteiger charge is -2.21. The third-order valence-corrected chi connectivity index (χ3v) is 3.37. The summed E-state index contributed by atoms with van der Waals surface area (Å²) in [5.41, 5.74) is 0.912. The molecule has 2 rings (SSSR count). The Morgan fingerprint density at radius 2 is 2.11 bits per heavy atom. The van der Waals surface area contributed by atoms with Crippen LogP contribution < -0.4 is 4.74 Å². The Kier molecular flexibility index (Phi) is 4.18. The largest absolute Gasteiger partial charge is 0.478 e. The van der Waals surface area contributed by atoms with Crippen molar-refractivity contribution in [1.82, 2.24) is 4.98 Å². The molecule has 18 heavy (non-hydrogen) atoms. The second-order valence-corrected chi connectivity index (χ2v) is 4.96. The number of rotatable bonds is 4. The number of aromatic nitrogens is 1. The van der Waals surface area contributed by atoms with Crippen molar-refractivity contribution in [2.24, 2.45) is 5.92 Å². The molecule has 0 aromatic carbocycles. The summed E-state index contributed by atoms with van der Waals surface area (Å²) in [5.74, 6) is 0.0790. The van der Waals surface area contributed by atoms with Gasteiger partial charge in [0.25, 0.3) is 0 Å². The molecule has 1 aromatic rings. The van der Waals surface area contributed by atoms with Gasteiger partial charge in [-0.3, -0.25) is 0 Å². The summed E-state index contributed by atoms with van der Waals surface area (Å²) in [6.07, 6.45) is 6.28. The van der Waals surface area contributed by atoms with Gasteiger partial charge < -0.3 is 9.84 Å². The molecule has 98 valence electrons. The van der Waals surface area contributed by atoms with Crippen LogP contribution in [0.1, 0.15) is 48.2 Å². The van der Waals surface area contributed by atoms with E-state index in [9.17, 15) is 4.79 Å². The van der Waals surface area contributed by atoms with E-state index in [0.29, 0.717) is 24.1 Å². The number of aromatic carboxylic acids is 1. The number of carboxylic acid groups (broad SMARTS) is 1. The number of pyridine rings is 1. The highest BCUT2D eigenvalue weighted by molar-refractivity contribution is 5.87. The zero-order valence-electron chi connectivity index (χ0n) is 10.7. The van der Waals surface area contributed by atoms with Gasteiger partial charge in [-0.15, -0.1) is 0 Å². The zero-order chi connectivity index (χ0) is 13.0. The monoisotopic (exact) mass is 249 g/mol. The van der Waals surface area contributed by atoms with E-state index in [0.717, 1.165) is 0 Å². The van der Waals surface area contributed by atoms with E-state index in [4.69, 9.17) is 9.84 Å². The first-order valence-electron chi connectivity index (χ1n) is 6.50. The Bertz CT molecular complexity index is 425. The van der Waals surface area contributed by atoms with Gasteiger partial charge >= 0.3 is 5.97 Å². The fourth-order valence-corrected chi connectivity index (χ4v) is 2.39. The van der Waals surface area contributed by atoms with Crippen molar-refractivity contribution in [3.8, 4) is 5.88 Å². The van der Waals surface area contributed by atoms with Crippen LogP contribution in [-0.4, -0.2) is 22.7 Å². The van der Waals surface area contributed by atoms with E-state index in [1.54, 1.807) is 13.0 Å². The molecule has 0 aliphatic heterocycles. The number of nitrogens with zero attached hydrogens (tertiary/aromatic N) is 1. The summed E-state index contributed by atoms with van der Waals surface area (Å²) in [4.78, 5) is 15.1. The highest BCUT2D eigenvalue weighted by atomic mass is 16.5. The van der Waals surface area contributed by atoms with Gasteiger partial charge in [-0.1, -0.05) is 19.3 Å². The highest BCUT2D eigenvalue weighted by Crippen LogP contribution is 2.24. The average Bonchev–Trinajstić information content (AvgIpc) is 2.37. The van der Waals surface area contributed by atoms with Crippen LogP contribution in [0, 0.1) is 12.8 Å². The standard InChI is InChI=1S/C14H19NO3/c1-10-7-12(14(16)17)8-13(15-10)18-9-11-5-3-2-4-6-11/h7-8,11H,2-6,9H2,1H3,(H,16,17). The Morgan fingerprint density at radius 1 is 1.39 bits per heavy atom. The quantitative estimate of drug-likeness (QED) is 0.891. The van der Waals surface area contributed by atoms with Gasteiger partial charge in [-0.25, -0.2) is 9.78 Å². The molecule has 4 heteroatoms. The van der Waals surface area contributed by atoms with Crippen molar-refractivity contribution in [2.75, 3.05) is 6.61 Å². The van der Waals surface area contributed by atoms with Gasteiger partial charge in [-0.2, -0.15) is 0 Å². The van der Waals surface area contributed by atoms with Crippen LogP contribution in [0.2, 0.25) is 0 Å². The van der Waals surface area contributed by atoms with Gasteiger partial charge in [0, 0.05) is 11.8 Å². The minimum absolute atomic E-state index is 0.237. The molecule has 0 radical (unpaired) electrons. The summed E-state index contributed by atoms with van der Waals surface area (Å²) in [7, 11) is 0. The summed E-state index contributed by atoms with van der Waals surface area (Å²) in [6.45, 7) is 2.43. The van der Waals surface area contributed by atoms with Crippen LogP contribution in [-0.2, 0) is 0 Å². The molecule has 1 heterocycles. The van der Waals surface area contributed by atoms with Crippen LogP contribution in [0.5, 0.6) is 5.88 Å². The maximum atomic E-state index is 10.9. The van der Waals surface area contributed by atoms with Crippen molar-refractivity contribution >= 4 is 5.97 Å². The van der Waals surface area contributed by atoms with E-state index in [2.05, 4.69) is 4.98 Å². The van der Waals surface area contributed by atoms with Crippen molar-refractivity contribution in [3.63, 3.8) is 0 Å². The first-order chi connectivity index (χ1) is 8.65. The molecule has 0 bridgehead atoms. The molecule has 1 N–H and O–H groups in total. The topological polar surface area (TPSA) is 59.4 Å². The second-order valence-electron chi connectivity index (χ2n) is 4.96. The van der Waals surface area contributed by atoms with Gasteiger partial charge in [0.1, 0.15) is 0 Å². The van der Waals surface area contributed by atoms with Gasteiger partial charge in [0.05, 0.1) is 12.2 Å². The SMILES string of the molecule is Cc1cc(C(=O)O)cc(OCC2CCCCC2)n1. The fraction of sp³-hybridized carbons (Fsp3) is 0.571. The highest BCUT2D eigenvalue weighted by Gasteiger charge is 2.15. The number of aryl methyl sites for hydroxylation is 1. The summed E-state index contributed by atoms with van der Waals surface area (Å²) in [5, 5.41) is 8.97. The molecular formula is C14H19NO3. The number of ether oxygens (including phenoxy) is 1. The summed E-state index contributed by atoms with van der Waals surface area (Å²) < 4.78 is 5.64. The van der Waals surface area contributed by atoms with Crippen LogP contribution in [0.25, 0.3) is 0 Å². The van der Waals surface area contributed by atoms with E-state index < -0.39 is 5.97 Å². The zero-order valence-corrected chi connectivity index (χ0v) is 10.7. The summed E-state index contributed by atoms with van der Waals surface area (Å²) >= 11 is 0. The Morgan fingerprint density at radius 3 is 2.78 bits per heavy atom. The predicted molar refractivity (Wildman–Crippen MR) is 68.0 cm³/mol. The lowest BCUT2D eigenvalue weighted by Crippen LogP contribution is -2.16. The van der Waals surface area contributed by atoms with Crippen LogP contribution >= 0.6 is 0 Å². The first kappa shape index (κ1) is 12.9. The molecule has 1 fully saturated rings. The van der Waals surface area contributed by atoms with E-state index in [1.165, 1.54) is 38.2 Å². The molecule has 4 nitrogen and oxygen atoms in total. The third-order valence-electron chi connectivity index (χ3n) is 3.37. The molecule has 0 saturated heterocycles. The molecule has 0 unspecified atom stereocenters. The number of hydrogen-bond donors (Lipinski definition) is 1. The van der Waals surface area contributed by atoms with Crippen molar-refractivity contribution < 1.29 is 14.6 Å². The van der Waals surface area contributed by atoms with Crippen LogP contribution in [0.4, 0.5) is 0 Å². The van der Waals surface area contributed by atoms with E-state index in [1.807, 2.05) is 0 Å². The normalized spacial score (nSPS) is 16.5. The van der Waals surface area contributed by atoms with Gasteiger partial charge in [-0.05, 0) is 31.7 Å². The molecule has 1 aliphatic carbocycles. The second kappa shape index (κ2) is 5.85. The molecule has 1 aliphatic rings. The summed E-state index contributed by atoms with van der Waals surface area (Å²) in [6, 6.07) is 3.05. The Labute approximate surface area is 107 Å². The van der Waals surface area contributed by atoms with Crippen LogP contribution in [0.15, 0.2) is 12.1 Å². The average molecular weight is 249 g/mol. The minimum atomic E-state index is -0.942. The van der Waals surface area contributed by atoms with Crippen molar-refractivity contribution in [2.45, 2.75) is 39.0 Å². The molecular weight excluding hydrogens is 230 g/mol. The van der Waals surface area contributed by atoms with Gasteiger partial charge in [0.15, 0.2) is 0 Å². The lowest BCUT2D eigenvalue weighted by molar-refractivity contribution is 0.0695. The third kappa shape index (κ3) is 3.45. The van der Waals surface area contributed by atoms with Crippen LogP contribution in [0.3, 0.4) is 0 Å². The lowest BCUT2D eigenvalue weighted by atomic mass is 9.90. The maximum absolute atomic E-state index is 10.9. The Balaban J connectivity index is 1.97. The molecule has 0 amide bonds. The molecule has 1 aromatic heterocycles. The number of hydrogen-bond acceptors (Lipinski definition) is 3. The smallest absolute Gasteiger partial charge is 0.335 e. The van der Waals surface area contributed by atoms with Crippen molar-refractivity contribution in [3.05, 3.63) is 23.4 Å². The van der Waals surface area contributed by atoms with E-state index >= 15 is 0 Å². The number of carboxylic acids is 1. The molecule has 1 saturated carbocycles.